The van der Waals surface area contributed by atoms with Crippen LogP contribution in [0.15, 0.2) is 0 Å². The van der Waals surface area contributed by atoms with E-state index in [1.807, 2.05) is 13.8 Å². The van der Waals surface area contributed by atoms with Crippen LogP contribution in [0.4, 0.5) is 0 Å². The van der Waals surface area contributed by atoms with Gasteiger partial charge in [0.25, 0.3) is 0 Å². The minimum absolute atomic E-state index is 0.0513. The van der Waals surface area contributed by atoms with Crippen LogP contribution < -0.4 is 0 Å². The Bertz CT molecular complexity index is 174. The van der Waals surface area contributed by atoms with Crippen molar-refractivity contribution in [2.45, 2.75) is 20.3 Å². The van der Waals surface area contributed by atoms with Crippen molar-refractivity contribution in [3.8, 4) is 0 Å². The minimum Gasteiger partial charge on any atom is -0.465 e. The van der Waals surface area contributed by atoms with Crippen LogP contribution in [0.5, 0.6) is 0 Å². The predicted octanol–water partition coefficient (Wildman–Crippen LogP) is 1.14. The molecule has 0 N–H and O–H groups in total. The molecule has 1 saturated heterocycles. The third-order valence-corrected chi connectivity index (χ3v) is 2.19. The van der Waals surface area contributed by atoms with E-state index in [-0.39, 0.29) is 5.97 Å². The first-order valence-corrected chi connectivity index (χ1v) is 4.92. The second-order valence-electron chi connectivity index (χ2n) is 4.37. The molecule has 0 aromatic carbocycles. The topological polar surface area (TPSA) is 29.5 Å². The number of ether oxygens (including phenoxy) is 1. The van der Waals surface area contributed by atoms with Gasteiger partial charge in [0, 0.05) is 25.4 Å². The van der Waals surface area contributed by atoms with Gasteiger partial charge in [0.2, 0.25) is 0 Å². The lowest BCUT2D eigenvalue weighted by atomic mass is 10.0. The summed E-state index contributed by atoms with van der Waals surface area (Å²) in [5, 5.41) is 0. The first-order valence-electron chi connectivity index (χ1n) is 4.92. The van der Waals surface area contributed by atoms with E-state index in [0.29, 0.717) is 24.9 Å². The Balaban J connectivity index is 2.02. The van der Waals surface area contributed by atoms with Crippen molar-refractivity contribution in [3.63, 3.8) is 0 Å². The van der Waals surface area contributed by atoms with Gasteiger partial charge in [-0.25, -0.2) is 0 Å². The molecular weight excluding hydrogens is 166 g/mol. The lowest BCUT2D eigenvalue weighted by molar-refractivity contribution is -0.147. The molecule has 0 aromatic heterocycles. The van der Waals surface area contributed by atoms with E-state index >= 15 is 0 Å². The normalized spacial score (nSPS) is 18.8. The van der Waals surface area contributed by atoms with Crippen molar-refractivity contribution in [2.75, 3.05) is 26.7 Å². The van der Waals surface area contributed by atoms with E-state index in [0.717, 1.165) is 13.1 Å². The maximum absolute atomic E-state index is 11.1. The summed E-state index contributed by atoms with van der Waals surface area (Å²) >= 11 is 0. The Morgan fingerprint density at radius 2 is 2.15 bits per heavy atom. The maximum atomic E-state index is 11.1. The average Bonchev–Trinajstić information content (AvgIpc) is 1.94. The van der Waals surface area contributed by atoms with Gasteiger partial charge in [-0.2, -0.15) is 0 Å². The molecule has 3 heteroatoms. The van der Waals surface area contributed by atoms with E-state index in [4.69, 9.17) is 4.74 Å². The largest absolute Gasteiger partial charge is 0.465 e. The summed E-state index contributed by atoms with van der Waals surface area (Å²) in [5.41, 5.74) is 0. The number of likely N-dealkylation sites (tertiary alicyclic amines) is 1. The molecule has 1 rings (SSSR count). The van der Waals surface area contributed by atoms with Gasteiger partial charge >= 0.3 is 5.97 Å². The molecule has 76 valence electrons. The van der Waals surface area contributed by atoms with Crippen LogP contribution in [0.2, 0.25) is 0 Å². The number of carbonyl (C=O) groups is 1. The summed E-state index contributed by atoms with van der Waals surface area (Å²) in [6.45, 7) is 6.79. The van der Waals surface area contributed by atoms with Crippen molar-refractivity contribution in [1.82, 2.24) is 4.90 Å². The molecule has 1 aliphatic heterocycles. The van der Waals surface area contributed by atoms with Crippen molar-refractivity contribution in [3.05, 3.63) is 0 Å². The molecule has 0 aliphatic carbocycles. The zero-order chi connectivity index (χ0) is 9.84. The molecule has 0 aromatic rings. The average molecular weight is 185 g/mol. The zero-order valence-electron chi connectivity index (χ0n) is 8.75. The summed E-state index contributed by atoms with van der Waals surface area (Å²) in [5.74, 6) is 0.919. The van der Waals surface area contributed by atoms with Gasteiger partial charge in [0.1, 0.15) is 0 Å². The van der Waals surface area contributed by atoms with Crippen LogP contribution >= 0.6 is 0 Å². The highest BCUT2D eigenvalue weighted by Crippen LogP contribution is 2.13. The fourth-order valence-corrected chi connectivity index (χ4v) is 1.54. The predicted molar refractivity (Wildman–Crippen MR) is 51.4 cm³/mol. The highest BCUT2D eigenvalue weighted by Gasteiger charge is 2.24. The molecule has 13 heavy (non-hydrogen) atoms. The number of esters is 1. The molecular formula is C10H19NO2. The first-order chi connectivity index (χ1) is 6.08. The van der Waals surface area contributed by atoms with Crippen LogP contribution in [0.1, 0.15) is 20.3 Å². The van der Waals surface area contributed by atoms with Crippen LogP contribution in [-0.4, -0.2) is 37.6 Å². The maximum Gasteiger partial charge on any atom is 0.306 e. The highest BCUT2D eigenvalue weighted by molar-refractivity contribution is 5.69. The Morgan fingerprint density at radius 3 is 2.62 bits per heavy atom. The van der Waals surface area contributed by atoms with Gasteiger partial charge < -0.3 is 9.64 Å². The van der Waals surface area contributed by atoms with E-state index in [1.165, 1.54) is 0 Å². The fourth-order valence-electron chi connectivity index (χ4n) is 1.54. The molecule has 1 heterocycles. The van der Waals surface area contributed by atoms with Crippen molar-refractivity contribution in [1.29, 1.82) is 0 Å². The van der Waals surface area contributed by atoms with Gasteiger partial charge in [-0.1, -0.05) is 13.8 Å². The van der Waals surface area contributed by atoms with Gasteiger partial charge in [-0.15, -0.1) is 0 Å². The van der Waals surface area contributed by atoms with E-state index in [2.05, 4.69) is 11.9 Å². The standard InChI is InChI=1S/C10H19NO2/c1-8(2)4-10(12)13-7-9-5-11(3)6-9/h8-9H,4-7H2,1-3H3. The summed E-state index contributed by atoms with van der Waals surface area (Å²) in [6.07, 6.45) is 0.544. The van der Waals surface area contributed by atoms with Gasteiger partial charge in [0.05, 0.1) is 6.61 Å². The lowest BCUT2D eigenvalue weighted by Gasteiger charge is -2.35. The van der Waals surface area contributed by atoms with Crippen molar-refractivity contribution in [2.24, 2.45) is 11.8 Å². The van der Waals surface area contributed by atoms with Gasteiger partial charge in [-0.3, -0.25) is 4.79 Å². The molecule has 0 radical (unpaired) electrons. The van der Waals surface area contributed by atoms with Crippen LogP contribution in [0.25, 0.3) is 0 Å². The second-order valence-corrected chi connectivity index (χ2v) is 4.37. The zero-order valence-corrected chi connectivity index (χ0v) is 8.75. The number of nitrogens with zero attached hydrogens (tertiary/aromatic N) is 1. The van der Waals surface area contributed by atoms with Crippen molar-refractivity contribution >= 4 is 5.97 Å². The smallest absolute Gasteiger partial charge is 0.306 e. The fraction of sp³-hybridized carbons (Fsp3) is 0.900. The molecule has 0 unspecified atom stereocenters. The summed E-state index contributed by atoms with van der Waals surface area (Å²) < 4.78 is 5.14. The minimum atomic E-state index is -0.0513. The van der Waals surface area contributed by atoms with Gasteiger partial charge in [-0.05, 0) is 13.0 Å². The van der Waals surface area contributed by atoms with E-state index in [1.54, 1.807) is 0 Å². The molecule has 0 amide bonds. The van der Waals surface area contributed by atoms with E-state index < -0.39 is 0 Å². The number of hydrogen-bond donors (Lipinski definition) is 0. The third-order valence-electron chi connectivity index (χ3n) is 2.19. The summed E-state index contributed by atoms with van der Waals surface area (Å²) in [7, 11) is 2.08. The number of carbonyl (C=O) groups excluding carboxylic acids is 1. The van der Waals surface area contributed by atoms with Crippen LogP contribution in [0, 0.1) is 11.8 Å². The summed E-state index contributed by atoms with van der Waals surface area (Å²) in [4.78, 5) is 13.4. The molecule has 3 nitrogen and oxygen atoms in total. The van der Waals surface area contributed by atoms with Crippen molar-refractivity contribution < 1.29 is 9.53 Å². The molecule has 1 fully saturated rings. The third kappa shape index (κ3) is 3.77. The molecule has 0 saturated carbocycles. The Hall–Kier alpha value is -0.570. The second kappa shape index (κ2) is 4.61. The Labute approximate surface area is 80.1 Å². The van der Waals surface area contributed by atoms with Crippen LogP contribution in [-0.2, 0) is 9.53 Å². The van der Waals surface area contributed by atoms with E-state index in [9.17, 15) is 4.79 Å². The van der Waals surface area contributed by atoms with Crippen LogP contribution in [0.3, 0.4) is 0 Å². The number of rotatable bonds is 4. The lowest BCUT2D eigenvalue weighted by Crippen LogP contribution is -2.46. The summed E-state index contributed by atoms with van der Waals surface area (Å²) in [6, 6.07) is 0. The quantitative estimate of drug-likeness (QED) is 0.615. The highest BCUT2D eigenvalue weighted by atomic mass is 16.5. The Kier molecular flexibility index (Phi) is 3.72. The first kappa shape index (κ1) is 10.5. The molecule has 0 spiro atoms. The monoisotopic (exact) mass is 185 g/mol. The SMILES string of the molecule is CC(C)CC(=O)OCC1CN(C)C1. The molecule has 0 atom stereocenters. The molecule has 0 bridgehead atoms. The Morgan fingerprint density at radius 1 is 1.54 bits per heavy atom. The molecule has 1 aliphatic rings. The van der Waals surface area contributed by atoms with Gasteiger partial charge in [0.15, 0.2) is 0 Å². The number of hydrogen-bond acceptors (Lipinski definition) is 3.